The number of nitrogens with zero attached hydrogens (tertiary/aromatic N) is 2. The molecule has 0 aliphatic carbocycles. The summed E-state index contributed by atoms with van der Waals surface area (Å²) in [7, 11) is 0. The number of H-pyrrole nitrogens is 1. The van der Waals surface area contributed by atoms with E-state index in [1.54, 1.807) is 12.4 Å². The van der Waals surface area contributed by atoms with Gasteiger partial charge in [0.05, 0.1) is 17.4 Å². The number of rotatable bonds is 3. The molecule has 0 unspecified atom stereocenters. The van der Waals surface area contributed by atoms with E-state index in [2.05, 4.69) is 15.4 Å². The molecule has 5 nitrogen and oxygen atoms in total. The lowest BCUT2D eigenvalue weighted by Crippen LogP contribution is -2.10. The maximum atomic E-state index is 12.3. The van der Waals surface area contributed by atoms with Crippen LogP contribution in [0.1, 0.15) is 30.2 Å². The van der Waals surface area contributed by atoms with E-state index in [0.717, 1.165) is 10.9 Å². The van der Waals surface area contributed by atoms with Crippen LogP contribution in [-0.4, -0.2) is 20.7 Å². The molecule has 0 aliphatic heterocycles. The average Bonchev–Trinajstić information content (AvgIpc) is 3.04. The van der Waals surface area contributed by atoms with E-state index in [1.165, 1.54) is 0 Å². The van der Waals surface area contributed by atoms with Gasteiger partial charge in [0, 0.05) is 29.3 Å². The fourth-order valence-corrected chi connectivity index (χ4v) is 2.14. The number of hydrogen-bond acceptors (Lipinski definition) is 2. The van der Waals surface area contributed by atoms with Crippen LogP contribution in [0.25, 0.3) is 10.9 Å². The fraction of sp³-hybridized carbons (Fsp3) is 0.200. The largest absolute Gasteiger partial charge is 0.360 e. The molecule has 1 amide bonds. The molecular formula is C15H16N4O. The van der Waals surface area contributed by atoms with Gasteiger partial charge in [0.1, 0.15) is 0 Å². The Morgan fingerprint density at radius 1 is 1.35 bits per heavy atom. The van der Waals surface area contributed by atoms with Gasteiger partial charge >= 0.3 is 0 Å². The molecule has 1 aromatic carbocycles. The molecule has 5 heteroatoms. The third-order valence-electron chi connectivity index (χ3n) is 3.22. The summed E-state index contributed by atoms with van der Waals surface area (Å²) < 4.78 is 1.81. The van der Waals surface area contributed by atoms with Crippen molar-refractivity contribution in [3.05, 3.63) is 48.4 Å². The van der Waals surface area contributed by atoms with Crippen molar-refractivity contribution in [2.75, 3.05) is 5.32 Å². The second-order valence-electron chi connectivity index (χ2n) is 5.00. The normalized spacial score (nSPS) is 11.2. The van der Waals surface area contributed by atoms with Crippen LogP contribution in [0.5, 0.6) is 0 Å². The third-order valence-corrected chi connectivity index (χ3v) is 3.22. The Morgan fingerprint density at radius 2 is 2.15 bits per heavy atom. The molecule has 20 heavy (non-hydrogen) atoms. The lowest BCUT2D eigenvalue weighted by atomic mass is 10.1. The van der Waals surface area contributed by atoms with Crippen LogP contribution in [0, 0.1) is 0 Å². The number of fused-ring (bicyclic) bond motifs is 1. The molecule has 3 aromatic rings. The minimum Gasteiger partial charge on any atom is -0.360 e. The monoisotopic (exact) mass is 268 g/mol. The van der Waals surface area contributed by atoms with Gasteiger partial charge in [-0.05, 0) is 19.9 Å². The van der Waals surface area contributed by atoms with Crippen LogP contribution < -0.4 is 5.32 Å². The summed E-state index contributed by atoms with van der Waals surface area (Å²) in [5.74, 6) is -0.134. The summed E-state index contributed by atoms with van der Waals surface area (Å²) in [6.07, 6.45) is 5.22. The number of carbonyl (C=O) groups excluding carboxylic acids is 1. The number of nitrogens with one attached hydrogen (secondary N) is 2. The molecule has 0 atom stereocenters. The average molecular weight is 268 g/mol. The van der Waals surface area contributed by atoms with Crippen molar-refractivity contribution in [2.24, 2.45) is 0 Å². The summed E-state index contributed by atoms with van der Waals surface area (Å²) in [4.78, 5) is 15.4. The van der Waals surface area contributed by atoms with Gasteiger partial charge in [-0.25, -0.2) is 0 Å². The first-order chi connectivity index (χ1) is 9.65. The summed E-state index contributed by atoms with van der Waals surface area (Å²) in [6, 6.07) is 8.01. The predicted molar refractivity (Wildman–Crippen MR) is 78.9 cm³/mol. The zero-order valence-corrected chi connectivity index (χ0v) is 11.4. The quantitative estimate of drug-likeness (QED) is 0.766. The first-order valence-electron chi connectivity index (χ1n) is 6.57. The highest BCUT2D eigenvalue weighted by atomic mass is 16.1. The standard InChI is InChI=1S/C15H16N4O/c1-10(2)19-9-11(7-17-19)18-15(20)13-8-16-14-6-4-3-5-12(13)14/h3-10,16H,1-2H3,(H,18,20). The number of amides is 1. The van der Waals surface area contributed by atoms with E-state index < -0.39 is 0 Å². The number of aromatic nitrogens is 3. The number of aromatic amines is 1. The van der Waals surface area contributed by atoms with E-state index in [9.17, 15) is 4.79 Å². The van der Waals surface area contributed by atoms with E-state index in [-0.39, 0.29) is 11.9 Å². The minimum absolute atomic E-state index is 0.134. The molecular weight excluding hydrogens is 252 g/mol. The summed E-state index contributed by atoms with van der Waals surface area (Å²) >= 11 is 0. The van der Waals surface area contributed by atoms with Crippen molar-refractivity contribution in [3.8, 4) is 0 Å². The Balaban J connectivity index is 1.85. The van der Waals surface area contributed by atoms with Crippen molar-refractivity contribution in [2.45, 2.75) is 19.9 Å². The molecule has 0 aliphatic rings. The lowest BCUT2D eigenvalue weighted by molar-refractivity contribution is 0.102. The summed E-state index contributed by atoms with van der Waals surface area (Å²) in [6.45, 7) is 4.08. The van der Waals surface area contributed by atoms with Crippen LogP contribution in [0.3, 0.4) is 0 Å². The molecule has 0 saturated carbocycles. The Labute approximate surface area is 116 Å². The molecule has 2 heterocycles. The van der Waals surface area contributed by atoms with Gasteiger partial charge < -0.3 is 10.3 Å². The minimum atomic E-state index is -0.134. The number of para-hydroxylation sites is 1. The highest BCUT2D eigenvalue weighted by molar-refractivity contribution is 6.12. The smallest absolute Gasteiger partial charge is 0.257 e. The van der Waals surface area contributed by atoms with Crippen molar-refractivity contribution in [1.29, 1.82) is 0 Å². The topological polar surface area (TPSA) is 62.7 Å². The molecule has 2 N–H and O–H groups in total. The number of hydrogen-bond donors (Lipinski definition) is 2. The predicted octanol–water partition coefficient (Wildman–Crippen LogP) is 3.20. The van der Waals surface area contributed by atoms with Crippen molar-refractivity contribution >= 4 is 22.5 Å². The first kappa shape index (κ1) is 12.5. The lowest BCUT2D eigenvalue weighted by Gasteiger charge is -2.03. The van der Waals surface area contributed by atoms with Crippen LogP contribution >= 0.6 is 0 Å². The van der Waals surface area contributed by atoms with Crippen molar-refractivity contribution < 1.29 is 4.79 Å². The van der Waals surface area contributed by atoms with Gasteiger partial charge in [-0.3, -0.25) is 9.48 Å². The van der Waals surface area contributed by atoms with Gasteiger partial charge in [0.25, 0.3) is 5.91 Å². The van der Waals surface area contributed by atoms with E-state index >= 15 is 0 Å². The molecule has 0 saturated heterocycles. The van der Waals surface area contributed by atoms with Gasteiger partial charge in [0.15, 0.2) is 0 Å². The second-order valence-corrected chi connectivity index (χ2v) is 5.00. The van der Waals surface area contributed by atoms with Crippen LogP contribution in [0.2, 0.25) is 0 Å². The maximum Gasteiger partial charge on any atom is 0.257 e. The molecule has 0 fully saturated rings. The third kappa shape index (κ3) is 2.18. The van der Waals surface area contributed by atoms with E-state index in [4.69, 9.17) is 0 Å². The van der Waals surface area contributed by atoms with Crippen molar-refractivity contribution in [1.82, 2.24) is 14.8 Å². The van der Waals surface area contributed by atoms with Gasteiger partial charge in [-0.2, -0.15) is 5.10 Å². The molecule has 0 spiro atoms. The van der Waals surface area contributed by atoms with Gasteiger partial charge in [0.2, 0.25) is 0 Å². The fourth-order valence-electron chi connectivity index (χ4n) is 2.14. The molecule has 2 aromatic heterocycles. The van der Waals surface area contributed by atoms with E-state index in [0.29, 0.717) is 11.3 Å². The Bertz CT molecular complexity index is 754. The zero-order valence-electron chi connectivity index (χ0n) is 11.4. The number of carbonyl (C=O) groups is 1. The van der Waals surface area contributed by atoms with Gasteiger partial charge in [-0.1, -0.05) is 18.2 Å². The van der Waals surface area contributed by atoms with Crippen LogP contribution in [0.15, 0.2) is 42.9 Å². The zero-order chi connectivity index (χ0) is 14.1. The Morgan fingerprint density at radius 3 is 2.90 bits per heavy atom. The second kappa shape index (κ2) is 4.85. The molecule has 0 radical (unpaired) electrons. The van der Waals surface area contributed by atoms with Crippen molar-refractivity contribution in [3.63, 3.8) is 0 Å². The highest BCUT2D eigenvalue weighted by Crippen LogP contribution is 2.19. The Hall–Kier alpha value is -2.56. The van der Waals surface area contributed by atoms with Crippen LogP contribution in [0.4, 0.5) is 5.69 Å². The first-order valence-corrected chi connectivity index (χ1v) is 6.57. The summed E-state index contributed by atoms with van der Waals surface area (Å²) in [5, 5.41) is 7.99. The number of anilines is 1. The van der Waals surface area contributed by atoms with Gasteiger partial charge in [-0.15, -0.1) is 0 Å². The van der Waals surface area contributed by atoms with E-state index in [1.807, 2.05) is 49.0 Å². The Kier molecular flexibility index (Phi) is 3.02. The van der Waals surface area contributed by atoms with Crippen LogP contribution in [-0.2, 0) is 0 Å². The number of benzene rings is 1. The molecule has 3 rings (SSSR count). The highest BCUT2D eigenvalue weighted by Gasteiger charge is 2.12. The maximum absolute atomic E-state index is 12.3. The molecule has 0 bridgehead atoms. The molecule has 102 valence electrons. The summed E-state index contributed by atoms with van der Waals surface area (Å²) in [5.41, 5.74) is 2.29. The SMILES string of the molecule is CC(C)n1cc(NC(=O)c2c[nH]c3ccccc23)cn1.